The molecule has 0 spiro atoms. The molecule has 1 aromatic carbocycles. The summed E-state index contributed by atoms with van der Waals surface area (Å²) in [5, 5.41) is 0. The Morgan fingerprint density at radius 1 is 1.28 bits per heavy atom. The molecule has 0 unspecified atom stereocenters. The Labute approximate surface area is 119 Å². The van der Waals surface area contributed by atoms with Gasteiger partial charge in [-0.05, 0) is 24.6 Å². The van der Waals surface area contributed by atoms with Crippen molar-refractivity contribution >= 4 is 38.9 Å². The monoisotopic (exact) mass is 306 g/mol. The largest absolute Gasteiger partial charge is 0.462 e. The van der Waals surface area contributed by atoms with Crippen molar-refractivity contribution in [3.8, 4) is 0 Å². The summed E-state index contributed by atoms with van der Waals surface area (Å²) >= 11 is 11.0. The van der Waals surface area contributed by atoms with Crippen LogP contribution in [0.25, 0.3) is 0 Å². The zero-order valence-corrected chi connectivity index (χ0v) is 12.9. The van der Waals surface area contributed by atoms with Crippen LogP contribution >= 0.6 is 23.2 Å². The maximum Gasteiger partial charge on any atom is 0.338 e. The summed E-state index contributed by atoms with van der Waals surface area (Å²) in [7, 11) is -0.599. The molecule has 0 N–H and O–H groups in total. The Bertz CT molecular complexity index is 346. The SMILES string of the molecule is O=C(OCCC[SiH2]OCC(Cl)Cl)c1ccccc1. The highest BCUT2D eigenvalue weighted by atomic mass is 35.5. The Kier molecular flexibility index (Phi) is 8.09. The number of hydrogen-bond donors (Lipinski definition) is 0. The summed E-state index contributed by atoms with van der Waals surface area (Å²) in [6, 6.07) is 9.91. The van der Waals surface area contributed by atoms with Crippen LogP contribution < -0.4 is 0 Å². The van der Waals surface area contributed by atoms with Gasteiger partial charge in [-0.15, -0.1) is 23.2 Å². The molecule has 0 atom stereocenters. The molecule has 0 aliphatic carbocycles. The van der Waals surface area contributed by atoms with Gasteiger partial charge in [-0.1, -0.05) is 18.2 Å². The normalized spacial score (nSPS) is 11.3. The summed E-state index contributed by atoms with van der Waals surface area (Å²) < 4.78 is 10.5. The zero-order valence-electron chi connectivity index (χ0n) is 9.98. The van der Waals surface area contributed by atoms with Crippen molar-refractivity contribution in [3.05, 3.63) is 35.9 Å². The van der Waals surface area contributed by atoms with E-state index in [2.05, 4.69) is 0 Å². The minimum absolute atomic E-state index is 0.278. The molecule has 1 rings (SSSR count). The van der Waals surface area contributed by atoms with Crippen molar-refractivity contribution < 1.29 is 14.0 Å². The summed E-state index contributed by atoms with van der Waals surface area (Å²) in [6.45, 7) is 0.814. The fraction of sp³-hybridized carbons (Fsp3) is 0.417. The highest BCUT2D eigenvalue weighted by molar-refractivity contribution is 6.44. The standard InChI is InChI=1S/C12H16Cl2O3Si/c13-11(14)9-17-18-8-4-7-16-12(15)10-5-2-1-3-6-10/h1-3,5-6,11H,4,7-9,18H2. The van der Waals surface area contributed by atoms with Crippen LogP contribution in [-0.4, -0.2) is 33.8 Å². The van der Waals surface area contributed by atoms with Gasteiger partial charge in [-0.25, -0.2) is 4.79 Å². The molecule has 0 aromatic heterocycles. The number of carbonyl (C=O) groups is 1. The van der Waals surface area contributed by atoms with Gasteiger partial charge in [0.2, 0.25) is 0 Å². The fourth-order valence-electron chi connectivity index (χ4n) is 1.30. The smallest absolute Gasteiger partial charge is 0.338 e. The van der Waals surface area contributed by atoms with E-state index in [4.69, 9.17) is 32.4 Å². The second-order valence-corrected chi connectivity index (χ2v) is 6.48. The average molecular weight is 307 g/mol. The number of esters is 1. The third-order valence-electron chi connectivity index (χ3n) is 2.17. The maximum absolute atomic E-state index is 11.5. The van der Waals surface area contributed by atoms with Crippen LogP contribution in [0.15, 0.2) is 30.3 Å². The maximum atomic E-state index is 11.5. The minimum atomic E-state index is -0.599. The van der Waals surface area contributed by atoms with E-state index >= 15 is 0 Å². The predicted molar refractivity (Wildman–Crippen MR) is 76.1 cm³/mol. The molecule has 0 amide bonds. The highest BCUT2D eigenvalue weighted by Gasteiger charge is 2.05. The van der Waals surface area contributed by atoms with Crippen molar-refractivity contribution in [3.63, 3.8) is 0 Å². The minimum Gasteiger partial charge on any atom is -0.462 e. The molecule has 3 nitrogen and oxygen atoms in total. The quantitative estimate of drug-likeness (QED) is 0.320. The molecule has 0 heterocycles. The van der Waals surface area contributed by atoms with E-state index in [1.54, 1.807) is 12.1 Å². The summed E-state index contributed by atoms with van der Waals surface area (Å²) in [4.78, 5) is 11.1. The van der Waals surface area contributed by atoms with Crippen LogP contribution in [-0.2, 0) is 9.16 Å². The number of rotatable bonds is 8. The van der Waals surface area contributed by atoms with Crippen molar-refractivity contribution in [1.82, 2.24) is 0 Å². The van der Waals surface area contributed by atoms with E-state index in [-0.39, 0.29) is 5.97 Å². The molecule has 0 aliphatic rings. The first-order valence-electron chi connectivity index (χ1n) is 5.78. The highest BCUT2D eigenvalue weighted by Crippen LogP contribution is 2.03. The van der Waals surface area contributed by atoms with Crippen LogP contribution in [0.5, 0.6) is 0 Å². The molecule has 0 saturated heterocycles. The number of hydrogen-bond acceptors (Lipinski definition) is 3. The summed E-state index contributed by atoms with van der Waals surface area (Å²) in [5.74, 6) is -0.278. The summed E-state index contributed by atoms with van der Waals surface area (Å²) in [6.07, 6.45) is 0.819. The Hall–Kier alpha value is -0.553. The molecule has 0 bridgehead atoms. The summed E-state index contributed by atoms with van der Waals surface area (Å²) in [5.41, 5.74) is 0.582. The van der Waals surface area contributed by atoms with Gasteiger partial charge in [-0.3, -0.25) is 0 Å². The Balaban J connectivity index is 2.03. The van der Waals surface area contributed by atoms with Crippen molar-refractivity contribution in [2.75, 3.05) is 13.2 Å². The average Bonchev–Trinajstić information content (AvgIpc) is 2.38. The van der Waals surface area contributed by atoms with Gasteiger partial charge in [0.1, 0.15) is 4.84 Å². The first-order valence-corrected chi connectivity index (χ1v) is 8.23. The molecule has 1 aromatic rings. The third kappa shape index (κ3) is 7.01. The lowest BCUT2D eigenvalue weighted by atomic mass is 10.2. The van der Waals surface area contributed by atoms with E-state index < -0.39 is 14.6 Å². The molecule has 0 aliphatic heterocycles. The molecule has 18 heavy (non-hydrogen) atoms. The Morgan fingerprint density at radius 3 is 2.67 bits per heavy atom. The fourth-order valence-corrected chi connectivity index (χ4v) is 2.79. The molecular formula is C12H16Cl2O3Si. The molecule has 0 radical (unpaired) electrons. The van der Waals surface area contributed by atoms with Crippen LogP contribution in [0.3, 0.4) is 0 Å². The van der Waals surface area contributed by atoms with Crippen molar-refractivity contribution in [2.24, 2.45) is 0 Å². The van der Waals surface area contributed by atoms with Crippen LogP contribution in [0.2, 0.25) is 6.04 Å². The van der Waals surface area contributed by atoms with Crippen molar-refractivity contribution in [2.45, 2.75) is 17.3 Å². The van der Waals surface area contributed by atoms with Gasteiger partial charge in [0.25, 0.3) is 0 Å². The van der Waals surface area contributed by atoms with Gasteiger partial charge >= 0.3 is 5.97 Å². The molecule has 0 fully saturated rings. The number of carbonyl (C=O) groups excluding carboxylic acids is 1. The van der Waals surface area contributed by atoms with Gasteiger partial charge < -0.3 is 9.16 Å². The van der Waals surface area contributed by atoms with Crippen molar-refractivity contribution in [1.29, 1.82) is 0 Å². The lowest BCUT2D eigenvalue weighted by Gasteiger charge is -2.05. The second kappa shape index (κ2) is 9.39. The zero-order chi connectivity index (χ0) is 13.2. The molecule has 0 saturated carbocycles. The van der Waals surface area contributed by atoms with E-state index in [9.17, 15) is 4.79 Å². The van der Waals surface area contributed by atoms with E-state index in [1.165, 1.54) is 0 Å². The number of halogens is 2. The lowest BCUT2D eigenvalue weighted by molar-refractivity contribution is 0.0504. The topological polar surface area (TPSA) is 35.5 Å². The van der Waals surface area contributed by atoms with Crippen LogP contribution in [0.4, 0.5) is 0 Å². The van der Waals surface area contributed by atoms with Gasteiger partial charge in [-0.2, -0.15) is 0 Å². The third-order valence-corrected chi connectivity index (χ3v) is 3.73. The first-order chi connectivity index (χ1) is 8.70. The van der Waals surface area contributed by atoms with E-state index in [0.29, 0.717) is 18.8 Å². The van der Waals surface area contributed by atoms with E-state index in [1.807, 2.05) is 18.2 Å². The lowest BCUT2D eigenvalue weighted by Crippen LogP contribution is -2.09. The molecule has 6 heteroatoms. The number of alkyl halides is 2. The second-order valence-electron chi connectivity index (χ2n) is 3.68. The van der Waals surface area contributed by atoms with Gasteiger partial charge in [0, 0.05) is 0 Å². The number of ether oxygens (including phenoxy) is 1. The van der Waals surface area contributed by atoms with Crippen LogP contribution in [0, 0.1) is 0 Å². The van der Waals surface area contributed by atoms with Crippen LogP contribution in [0.1, 0.15) is 16.8 Å². The van der Waals surface area contributed by atoms with Gasteiger partial charge in [0.15, 0.2) is 9.76 Å². The van der Waals surface area contributed by atoms with E-state index in [0.717, 1.165) is 12.5 Å². The number of benzene rings is 1. The first kappa shape index (κ1) is 15.5. The Morgan fingerprint density at radius 2 is 2.00 bits per heavy atom. The molecule has 100 valence electrons. The molecular weight excluding hydrogens is 291 g/mol. The predicted octanol–water partition coefficient (Wildman–Crippen LogP) is 2.56. The van der Waals surface area contributed by atoms with Gasteiger partial charge in [0.05, 0.1) is 18.8 Å².